The number of imide groups is 1. The van der Waals surface area contributed by atoms with Crippen LogP contribution in [0.3, 0.4) is 0 Å². The summed E-state index contributed by atoms with van der Waals surface area (Å²) in [6.45, 7) is 32.3. The lowest BCUT2D eigenvalue weighted by atomic mass is 10.1. The number of imidazole rings is 1. The van der Waals surface area contributed by atoms with Crippen molar-refractivity contribution < 1.29 is 133 Å². The molecule has 0 fully saturated rings. The average molecular weight is 1550 g/mol. The lowest BCUT2D eigenvalue weighted by molar-refractivity contribution is -0.134. The molecule has 34 heteroatoms. The topological polar surface area (TPSA) is 354 Å². The van der Waals surface area contributed by atoms with Gasteiger partial charge in [0, 0.05) is 42.0 Å². The van der Waals surface area contributed by atoms with Gasteiger partial charge in [-0.25, -0.2) is 14.9 Å². The Morgan fingerprint density at radius 1 is 0.407 bits per heavy atom. The highest BCUT2D eigenvalue weighted by atomic mass is 16.6. The molecular formula is C74H126N6O28. The van der Waals surface area contributed by atoms with Crippen LogP contribution in [0, 0.1) is 0 Å². The number of hydrogen-bond donors (Lipinski definition) is 2. The van der Waals surface area contributed by atoms with Gasteiger partial charge in [-0.15, -0.1) is 0 Å². The minimum atomic E-state index is -0.527. The first-order valence-corrected chi connectivity index (χ1v) is 37.6. The van der Waals surface area contributed by atoms with Gasteiger partial charge in [0.2, 0.25) is 5.91 Å². The van der Waals surface area contributed by atoms with E-state index in [0.717, 1.165) is 33.2 Å². The van der Waals surface area contributed by atoms with E-state index < -0.39 is 23.3 Å². The maximum atomic E-state index is 12.0. The third-order valence-electron chi connectivity index (χ3n) is 15.1. The smallest absolute Gasteiger partial charge is 0.260 e. The molecule has 0 spiro atoms. The first-order valence-electron chi connectivity index (χ1n) is 37.6. The number of fused-ring (bicyclic) bond motifs is 3. The average Bonchev–Trinajstić information content (AvgIpc) is 1.59. The number of nitrogen functional groups attached to an aromatic ring is 1. The summed E-state index contributed by atoms with van der Waals surface area (Å²) in [6.07, 6.45) is 2.32. The predicted molar refractivity (Wildman–Crippen MR) is 396 cm³/mol. The number of nitrogens with one attached hydrogen (secondary N) is 1. The predicted octanol–water partition coefficient (Wildman–Crippen LogP) is 3.22. The number of nitrogens with zero attached hydrogens (tertiary/aromatic N) is 4. The summed E-state index contributed by atoms with van der Waals surface area (Å²) in [5.74, 6) is -0.120. The fourth-order valence-electron chi connectivity index (χ4n) is 9.48. The normalized spacial score (nSPS) is 12.9. The molecule has 0 aliphatic carbocycles. The van der Waals surface area contributed by atoms with Crippen molar-refractivity contribution in [2.75, 3.05) is 329 Å². The van der Waals surface area contributed by atoms with Crippen LogP contribution in [0.15, 0.2) is 47.7 Å². The Bertz CT molecular complexity index is 2750. The van der Waals surface area contributed by atoms with Crippen molar-refractivity contribution in [1.29, 1.82) is 0 Å². The molecule has 0 saturated heterocycles. The summed E-state index contributed by atoms with van der Waals surface area (Å²) in [4.78, 5) is 46.3. The number of ether oxygens (including phenoxy) is 25. The zero-order valence-electron chi connectivity index (χ0n) is 64.8. The molecule has 34 nitrogen and oxygen atoms in total. The van der Waals surface area contributed by atoms with Crippen LogP contribution in [-0.2, 0) is 146 Å². The van der Waals surface area contributed by atoms with Crippen LogP contribution < -0.4 is 11.1 Å². The first-order chi connectivity index (χ1) is 53.0. The number of nitrogens with two attached hydrogens (primary N) is 1. The third-order valence-corrected chi connectivity index (χ3v) is 15.1. The lowest BCUT2D eigenvalue weighted by Crippen LogP contribution is -2.32. The van der Waals surface area contributed by atoms with E-state index in [-0.39, 0.29) is 13.2 Å². The van der Waals surface area contributed by atoms with Crippen molar-refractivity contribution in [1.82, 2.24) is 24.8 Å². The molecule has 0 radical (unpaired) electrons. The number of pyridine rings is 1. The number of carbonyl (C=O) groups excluding carboxylic acids is 3. The van der Waals surface area contributed by atoms with Gasteiger partial charge in [-0.2, -0.15) is 0 Å². The van der Waals surface area contributed by atoms with Gasteiger partial charge in [0.25, 0.3) is 11.8 Å². The van der Waals surface area contributed by atoms with E-state index in [2.05, 4.69) is 28.7 Å². The van der Waals surface area contributed by atoms with E-state index in [4.69, 9.17) is 129 Å². The van der Waals surface area contributed by atoms with Gasteiger partial charge < -0.3 is 134 Å². The quantitative estimate of drug-likeness (QED) is 0.0465. The van der Waals surface area contributed by atoms with Gasteiger partial charge in [-0.05, 0) is 40.7 Å². The molecule has 620 valence electrons. The zero-order valence-corrected chi connectivity index (χ0v) is 64.8. The van der Waals surface area contributed by atoms with E-state index in [1.807, 2.05) is 31.2 Å². The molecule has 3 amide bonds. The minimum Gasteiger partial charge on any atom is -0.382 e. The number of anilines is 1. The molecule has 3 heterocycles. The van der Waals surface area contributed by atoms with Gasteiger partial charge in [-0.3, -0.25) is 14.4 Å². The fourth-order valence-corrected chi connectivity index (χ4v) is 9.48. The van der Waals surface area contributed by atoms with Crippen molar-refractivity contribution in [3.8, 4) is 0 Å². The van der Waals surface area contributed by atoms with E-state index in [9.17, 15) is 14.4 Å². The van der Waals surface area contributed by atoms with Crippen molar-refractivity contribution in [2.45, 2.75) is 53.4 Å². The number of amides is 3. The molecule has 0 saturated carbocycles. The summed E-state index contributed by atoms with van der Waals surface area (Å²) < 4.78 is 142. The third kappa shape index (κ3) is 48.0. The standard InChI is InChI=1S/C74H126N6O28/c1-6-84-61-67-78-69-70(65-9-7-8-10-66(65)77-71(69)75)80(67)62-74(4,5)108-60-59-107-58-57-106-56-55-105-54-53-104-52-51-103-50-49-102-48-47-101-46-45-100-44-43-99-42-41-98-40-39-97-38-37-96-36-35-95-34-33-94-32-31-93-30-29-92-28-27-91-26-25-90-24-23-89-22-21-88-20-19-87-18-17-86-16-15-85-14-12-76-68(81)11-13-79-72(82)63(2)64(3)73(79)83/h7-11,13H,6,12,14-62H2,1-5H3,(H2,75,77)(H,76,81). The second-order valence-corrected chi connectivity index (χ2v) is 24.0. The van der Waals surface area contributed by atoms with Crippen LogP contribution in [-0.4, -0.2) is 366 Å². The number of rotatable bonds is 80. The number of benzene rings is 1. The Morgan fingerprint density at radius 2 is 0.685 bits per heavy atom. The number of para-hydroxylation sites is 1. The van der Waals surface area contributed by atoms with Crippen LogP contribution in [0.25, 0.3) is 21.9 Å². The highest BCUT2D eigenvalue weighted by molar-refractivity contribution is 6.19. The van der Waals surface area contributed by atoms with Crippen LogP contribution >= 0.6 is 0 Å². The van der Waals surface area contributed by atoms with E-state index in [1.54, 1.807) is 13.8 Å². The molecule has 3 N–H and O–H groups in total. The Morgan fingerprint density at radius 3 is 0.981 bits per heavy atom. The van der Waals surface area contributed by atoms with E-state index in [0.29, 0.717) is 346 Å². The summed E-state index contributed by atoms with van der Waals surface area (Å²) in [5.41, 5.74) is 8.98. The Balaban J connectivity index is 0.715. The Labute approximate surface area is 637 Å². The SMILES string of the molecule is CCOCc1nc2c(N)nc3ccccc3c2n1CC(C)(C)OCCOCCOCCOCCOCCOCCOCCOCCOCCOCCOCCOCCOCCOCCOCCOCCOCCOCCOCCOCCOCCOCCOCCOCCNC(=O)C=CN1C(=O)C(C)=C(C)C1=O. The summed E-state index contributed by atoms with van der Waals surface area (Å²) in [5, 5.41) is 3.61. The van der Waals surface area contributed by atoms with Crippen molar-refractivity contribution in [2.24, 2.45) is 0 Å². The monoisotopic (exact) mass is 1550 g/mol. The molecule has 108 heavy (non-hydrogen) atoms. The molecule has 0 atom stereocenters. The fraction of sp³-hybridized carbons (Fsp3) is 0.770. The molecule has 1 aliphatic rings. The van der Waals surface area contributed by atoms with Gasteiger partial charge in [-0.1, -0.05) is 18.2 Å². The van der Waals surface area contributed by atoms with E-state index >= 15 is 0 Å². The summed E-state index contributed by atoms with van der Waals surface area (Å²) >= 11 is 0. The molecule has 1 aromatic carbocycles. The van der Waals surface area contributed by atoms with E-state index in [1.165, 1.54) is 6.20 Å². The van der Waals surface area contributed by atoms with Crippen molar-refractivity contribution in [3.63, 3.8) is 0 Å². The van der Waals surface area contributed by atoms with Crippen LogP contribution in [0.5, 0.6) is 0 Å². The number of hydrogen-bond acceptors (Lipinski definition) is 31. The second kappa shape index (κ2) is 66.6. The van der Waals surface area contributed by atoms with Crippen molar-refractivity contribution in [3.05, 3.63) is 53.5 Å². The molecule has 0 unspecified atom stereocenters. The van der Waals surface area contributed by atoms with Crippen LogP contribution in [0.2, 0.25) is 0 Å². The zero-order chi connectivity index (χ0) is 77.1. The Hall–Kier alpha value is -5.01. The molecular weight excluding hydrogens is 1420 g/mol. The molecule has 1 aliphatic heterocycles. The second-order valence-electron chi connectivity index (χ2n) is 24.0. The van der Waals surface area contributed by atoms with Gasteiger partial charge >= 0.3 is 0 Å². The summed E-state index contributed by atoms with van der Waals surface area (Å²) in [6, 6.07) is 7.93. The number of aromatic nitrogens is 3. The van der Waals surface area contributed by atoms with Crippen LogP contribution in [0.4, 0.5) is 5.82 Å². The largest absolute Gasteiger partial charge is 0.382 e. The molecule has 2 aromatic heterocycles. The van der Waals surface area contributed by atoms with Gasteiger partial charge in [0.15, 0.2) is 5.82 Å². The highest BCUT2D eigenvalue weighted by Gasteiger charge is 2.32. The van der Waals surface area contributed by atoms with Gasteiger partial charge in [0.05, 0.1) is 334 Å². The molecule has 4 rings (SSSR count). The number of carbonyl (C=O) groups is 3. The Kier molecular flexibility index (Phi) is 58.8. The molecule has 3 aromatic rings. The lowest BCUT2D eigenvalue weighted by Gasteiger charge is -2.27. The molecule has 0 bridgehead atoms. The summed E-state index contributed by atoms with van der Waals surface area (Å²) in [7, 11) is 0. The maximum absolute atomic E-state index is 12.0. The maximum Gasteiger partial charge on any atom is 0.260 e. The van der Waals surface area contributed by atoms with Gasteiger partial charge in [0.1, 0.15) is 17.9 Å². The highest BCUT2D eigenvalue weighted by Crippen LogP contribution is 2.31. The van der Waals surface area contributed by atoms with Crippen LogP contribution in [0.1, 0.15) is 40.4 Å². The minimum absolute atomic E-state index is 0.268. The van der Waals surface area contributed by atoms with Crippen molar-refractivity contribution >= 4 is 45.5 Å². The first kappa shape index (κ1) is 95.4.